The Morgan fingerprint density at radius 2 is 1.94 bits per heavy atom. The molecule has 1 aromatic rings. The fraction of sp³-hybridized carbons (Fsp3) is 0.455. The topological polar surface area (TPSA) is 84.3 Å². The first kappa shape index (κ1) is 17.6. The lowest BCUT2D eigenvalue weighted by Gasteiger charge is -1.96. The summed E-state index contributed by atoms with van der Waals surface area (Å²) in [5.74, 6) is 5.11. The van der Waals surface area contributed by atoms with Gasteiger partial charge in [-0.3, -0.25) is 5.84 Å². The van der Waals surface area contributed by atoms with E-state index in [1.165, 1.54) is 0 Å². The second kappa shape index (κ2) is 12.3. The van der Waals surface area contributed by atoms with Crippen LogP contribution in [0.4, 0.5) is 5.69 Å². The number of benzene rings is 1. The van der Waals surface area contributed by atoms with E-state index >= 15 is 0 Å². The van der Waals surface area contributed by atoms with Gasteiger partial charge in [-0.1, -0.05) is 31.5 Å². The van der Waals surface area contributed by atoms with Gasteiger partial charge < -0.3 is 16.3 Å². The highest BCUT2D eigenvalue weighted by molar-refractivity contribution is 6.30. The zero-order chi connectivity index (χ0) is 13.0. The van der Waals surface area contributed by atoms with Crippen LogP contribution in [0.15, 0.2) is 24.3 Å². The third-order valence-corrected chi connectivity index (χ3v) is 1.51. The predicted molar refractivity (Wildman–Crippen MR) is 71.3 cm³/mol. The SMILES string of the molecule is CC.CC(N)CO.NNc1cccc(Cl)c1. The molecule has 0 bridgehead atoms. The zero-order valence-electron chi connectivity index (χ0n) is 10.1. The first-order chi connectivity index (χ1) is 7.60. The summed E-state index contributed by atoms with van der Waals surface area (Å²) in [7, 11) is 0. The highest BCUT2D eigenvalue weighted by atomic mass is 35.5. The summed E-state index contributed by atoms with van der Waals surface area (Å²) in [6.45, 7) is 5.83. The number of aliphatic hydroxyl groups is 1. The normalized spacial score (nSPS) is 10.2. The van der Waals surface area contributed by atoms with Crippen molar-refractivity contribution in [2.45, 2.75) is 26.8 Å². The zero-order valence-corrected chi connectivity index (χ0v) is 10.8. The number of hydrogen-bond donors (Lipinski definition) is 4. The molecule has 6 N–H and O–H groups in total. The summed E-state index contributed by atoms with van der Waals surface area (Å²) < 4.78 is 0. The minimum Gasteiger partial charge on any atom is -0.395 e. The van der Waals surface area contributed by atoms with Crippen molar-refractivity contribution in [3.63, 3.8) is 0 Å². The van der Waals surface area contributed by atoms with Gasteiger partial charge in [0.1, 0.15) is 0 Å². The third kappa shape index (κ3) is 11.3. The largest absolute Gasteiger partial charge is 0.395 e. The molecule has 1 unspecified atom stereocenters. The number of nitrogens with one attached hydrogen (secondary N) is 1. The van der Waals surface area contributed by atoms with Gasteiger partial charge in [0.05, 0.1) is 6.61 Å². The van der Waals surface area contributed by atoms with Crippen LogP contribution in [0.25, 0.3) is 0 Å². The average Bonchev–Trinajstić information content (AvgIpc) is 2.32. The molecule has 5 heteroatoms. The Kier molecular flexibility index (Phi) is 13.5. The van der Waals surface area contributed by atoms with Crippen molar-refractivity contribution in [3.05, 3.63) is 29.3 Å². The number of aliphatic hydroxyl groups excluding tert-OH is 1. The first-order valence-electron chi connectivity index (χ1n) is 5.18. The van der Waals surface area contributed by atoms with Crippen molar-refractivity contribution in [2.75, 3.05) is 12.0 Å². The van der Waals surface area contributed by atoms with Crippen molar-refractivity contribution < 1.29 is 5.11 Å². The third-order valence-electron chi connectivity index (χ3n) is 1.28. The van der Waals surface area contributed by atoms with E-state index in [1.54, 1.807) is 19.1 Å². The number of anilines is 1. The quantitative estimate of drug-likeness (QED) is 0.476. The molecule has 0 radical (unpaired) electrons. The molecule has 0 saturated carbocycles. The fourth-order valence-corrected chi connectivity index (χ4v) is 0.769. The molecule has 0 amide bonds. The van der Waals surface area contributed by atoms with E-state index < -0.39 is 0 Å². The Hall–Kier alpha value is -0.810. The molecule has 1 atom stereocenters. The van der Waals surface area contributed by atoms with E-state index in [1.807, 2.05) is 26.0 Å². The van der Waals surface area contributed by atoms with Crippen LogP contribution in [0.1, 0.15) is 20.8 Å². The van der Waals surface area contributed by atoms with Crippen molar-refractivity contribution in [1.29, 1.82) is 0 Å². The molecule has 0 aliphatic carbocycles. The maximum Gasteiger partial charge on any atom is 0.0579 e. The van der Waals surface area contributed by atoms with Crippen LogP contribution in [-0.4, -0.2) is 17.8 Å². The summed E-state index contributed by atoms with van der Waals surface area (Å²) in [6.07, 6.45) is 0. The Morgan fingerprint density at radius 1 is 1.44 bits per heavy atom. The molecular formula is C11H22ClN3O. The van der Waals surface area contributed by atoms with E-state index in [2.05, 4.69) is 5.43 Å². The smallest absolute Gasteiger partial charge is 0.0579 e. The molecule has 0 fully saturated rings. The Labute approximate surface area is 103 Å². The van der Waals surface area contributed by atoms with Gasteiger partial charge in [0, 0.05) is 16.8 Å². The van der Waals surface area contributed by atoms with E-state index in [4.69, 9.17) is 28.3 Å². The van der Waals surface area contributed by atoms with E-state index in [0.29, 0.717) is 5.02 Å². The maximum absolute atomic E-state index is 8.02. The minimum absolute atomic E-state index is 0.0602. The van der Waals surface area contributed by atoms with Crippen LogP contribution in [0.3, 0.4) is 0 Å². The Morgan fingerprint density at radius 3 is 2.19 bits per heavy atom. The minimum atomic E-state index is -0.0602. The highest BCUT2D eigenvalue weighted by Gasteiger charge is 1.87. The van der Waals surface area contributed by atoms with E-state index in [0.717, 1.165) is 5.69 Å². The Balaban J connectivity index is 0. The molecule has 0 heterocycles. The van der Waals surface area contributed by atoms with Crippen LogP contribution in [0.2, 0.25) is 5.02 Å². The second-order valence-corrected chi connectivity index (χ2v) is 3.25. The lowest BCUT2D eigenvalue weighted by molar-refractivity contribution is 0.273. The lowest BCUT2D eigenvalue weighted by Crippen LogP contribution is -2.18. The molecule has 1 aromatic carbocycles. The van der Waals surface area contributed by atoms with Crippen molar-refractivity contribution in [1.82, 2.24) is 0 Å². The summed E-state index contributed by atoms with van der Waals surface area (Å²) >= 11 is 5.63. The number of nitrogens with two attached hydrogens (primary N) is 2. The van der Waals surface area contributed by atoms with Crippen molar-refractivity contribution in [3.8, 4) is 0 Å². The fourth-order valence-electron chi connectivity index (χ4n) is 0.578. The van der Waals surface area contributed by atoms with Gasteiger partial charge in [-0.15, -0.1) is 0 Å². The standard InChI is InChI=1S/C6H7ClN2.C3H9NO.C2H6/c7-5-2-1-3-6(4-5)9-8;1-3(4)2-5;1-2/h1-4,9H,8H2;3,5H,2,4H2,1H3;1-2H3. The van der Waals surface area contributed by atoms with Gasteiger partial charge in [-0.25, -0.2) is 0 Å². The van der Waals surface area contributed by atoms with Gasteiger partial charge in [0.2, 0.25) is 0 Å². The van der Waals surface area contributed by atoms with Crippen molar-refractivity contribution >= 4 is 17.3 Å². The summed E-state index contributed by atoms with van der Waals surface area (Å²) in [5.41, 5.74) is 8.35. The summed E-state index contributed by atoms with van der Waals surface area (Å²) in [4.78, 5) is 0. The van der Waals surface area contributed by atoms with Crippen LogP contribution >= 0.6 is 11.6 Å². The maximum atomic E-state index is 8.02. The second-order valence-electron chi connectivity index (χ2n) is 2.81. The summed E-state index contributed by atoms with van der Waals surface area (Å²) in [6, 6.07) is 7.16. The number of nitrogen functional groups attached to an aromatic ring is 1. The number of hydrazine groups is 1. The van der Waals surface area contributed by atoms with Gasteiger partial charge in [0.25, 0.3) is 0 Å². The molecule has 94 valence electrons. The number of hydrogen-bond acceptors (Lipinski definition) is 4. The van der Waals surface area contributed by atoms with Gasteiger partial charge >= 0.3 is 0 Å². The number of rotatable bonds is 2. The molecule has 0 saturated heterocycles. The summed E-state index contributed by atoms with van der Waals surface area (Å²) in [5, 5.41) is 8.70. The van der Waals surface area contributed by atoms with Crippen LogP contribution < -0.4 is 17.0 Å². The highest BCUT2D eigenvalue weighted by Crippen LogP contribution is 2.12. The van der Waals surface area contributed by atoms with Crippen molar-refractivity contribution in [2.24, 2.45) is 11.6 Å². The molecule has 0 aliphatic heterocycles. The van der Waals surface area contributed by atoms with Crippen LogP contribution in [-0.2, 0) is 0 Å². The average molecular weight is 248 g/mol. The Bertz CT molecular complexity index is 257. The predicted octanol–water partition coefficient (Wildman–Crippen LogP) is 1.98. The van der Waals surface area contributed by atoms with Gasteiger partial charge in [0.15, 0.2) is 0 Å². The molecule has 16 heavy (non-hydrogen) atoms. The molecule has 0 aliphatic rings. The van der Waals surface area contributed by atoms with Crippen LogP contribution in [0.5, 0.6) is 0 Å². The molecule has 0 aromatic heterocycles. The molecular weight excluding hydrogens is 226 g/mol. The van der Waals surface area contributed by atoms with Crippen LogP contribution in [0, 0.1) is 0 Å². The van der Waals surface area contributed by atoms with Gasteiger partial charge in [-0.05, 0) is 25.1 Å². The molecule has 1 rings (SSSR count). The number of halogens is 1. The molecule has 0 spiro atoms. The van der Waals surface area contributed by atoms with E-state index in [-0.39, 0.29) is 12.6 Å². The van der Waals surface area contributed by atoms with E-state index in [9.17, 15) is 0 Å². The van der Waals surface area contributed by atoms with Gasteiger partial charge in [-0.2, -0.15) is 0 Å². The first-order valence-corrected chi connectivity index (χ1v) is 5.56. The monoisotopic (exact) mass is 247 g/mol. The lowest BCUT2D eigenvalue weighted by atomic mass is 10.3. The molecule has 4 nitrogen and oxygen atoms in total.